The minimum absolute atomic E-state index is 0.128. The van der Waals surface area contributed by atoms with Crippen molar-refractivity contribution >= 4 is 33.3 Å². The Hall–Kier alpha value is -1.63. The highest BCUT2D eigenvalue weighted by atomic mass is 32.2. The summed E-state index contributed by atoms with van der Waals surface area (Å²) < 4.78 is 1.90. The standard InChI is InChI=1S/C22H27N3OS2/c1-15(2)10-12-27-22-23-20-19(17-9-11-24(3)14-18(17)28-20)21(26)25(22)13-16-7-5-4-6-8-16/h4-8,15H,9-14H2,1-3H3. The average molecular weight is 414 g/mol. The Morgan fingerprint density at radius 2 is 2.04 bits per heavy atom. The third kappa shape index (κ3) is 4.04. The van der Waals surface area contributed by atoms with Crippen LogP contribution in [-0.2, 0) is 19.5 Å². The summed E-state index contributed by atoms with van der Waals surface area (Å²) >= 11 is 3.43. The van der Waals surface area contributed by atoms with Gasteiger partial charge in [0.1, 0.15) is 4.83 Å². The Balaban J connectivity index is 1.80. The van der Waals surface area contributed by atoms with Crippen LogP contribution in [0.3, 0.4) is 0 Å². The minimum atomic E-state index is 0.128. The number of thiophene rings is 1. The quantitative estimate of drug-likeness (QED) is 0.436. The van der Waals surface area contributed by atoms with Crippen LogP contribution in [0.1, 0.15) is 36.3 Å². The first-order chi connectivity index (χ1) is 13.5. The maximum absolute atomic E-state index is 13.6. The molecule has 4 nitrogen and oxygen atoms in total. The molecule has 6 heteroatoms. The predicted molar refractivity (Wildman–Crippen MR) is 120 cm³/mol. The smallest absolute Gasteiger partial charge is 0.263 e. The van der Waals surface area contributed by atoms with Crippen molar-refractivity contribution in [3.8, 4) is 0 Å². The van der Waals surface area contributed by atoms with Crippen LogP contribution in [0.4, 0.5) is 0 Å². The van der Waals surface area contributed by atoms with Crippen LogP contribution in [0, 0.1) is 5.92 Å². The van der Waals surface area contributed by atoms with Crippen LogP contribution in [0.25, 0.3) is 10.2 Å². The van der Waals surface area contributed by atoms with Crippen LogP contribution in [-0.4, -0.2) is 33.8 Å². The summed E-state index contributed by atoms with van der Waals surface area (Å²) in [6.45, 7) is 6.97. The zero-order valence-electron chi connectivity index (χ0n) is 16.8. The molecule has 148 valence electrons. The van der Waals surface area contributed by atoms with E-state index in [1.807, 2.05) is 22.8 Å². The molecule has 28 heavy (non-hydrogen) atoms. The Labute approximate surface area is 174 Å². The van der Waals surface area contributed by atoms with Crippen LogP contribution >= 0.6 is 23.1 Å². The molecule has 3 heterocycles. The zero-order valence-corrected chi connectivity index (χ0v) is 18.4. The number of aromatic nitrogens is 2. The number of thioether (sulfide) groups is 1. The number of hydrogen-bond acceptors (Lipinski definition) is 5. The molecule has 0 N–H and O–H groups in total. The molecule has 2 aromatic heterocycles. The summed E-state index contributed by atoms with van der Waals surface area (Å²) in [4.78, 5) is 23.1. The van der Waals surface area contributed by atoms with Gasteiger partial charge in [-0.1, -0.05) is 55.9 Å². The highest BCUT2D eigenvalue weighted by Gasteiger charge is 2.24. The van der Waals surface area contributed by atoms with Gasteiger partial charge >= 0.3 is 0 Å². The molecular weight excluding hydrogens is 386 g/mol. The van der Waals surface area contributed by atoms with Crippen molar-refractivity contribution in [3.63, 3.8) is 0 Å². The maximum Gasteiger partial charge on any atom is 0.263 e. The Bertz CT molecular complexity index is 1020. The van der Waals surface area contributed by atoms with Crippen molar-refractivity contribution in [3.05, 3.63) is 56.7 Å². The van der Waals surface area contributed by atoms with Crippen LogP contribution in [0.15, 0.2) is 40.3 Å². The van der Waals surface area contributed by atoms with Gasteiger partial charge in [0.05, 0.1) is 11.9 Å². The van der Waals surface area contributed by atoms with Crippen LogP contribution < -0.4 is 5.56 Å². The highest BCUT2D eigenvalue weighted by molar-refractivity contribution is 7.99. The molecule has 1 aliphatic rings. The number of fused-ring (bicyclic) bond motifs is 3. The summed E-state index contributed by atoms with van der Waals surface area (Å²) in [5, 5.41) is 1.71. The molecule has 0 fully saturated rings. The van der Waals surface area contributed by atoms with Crippen LogP contribution in [0.5, 0.6) is 0 Å². The van der Waals surface area contributed by atoms with Gasteiger partial charge in [-0.3, -0.25) is 9.36 Å². The van der Waals surface area contributed by atoms with Crippen molar-refractivity contribution in [1.82, 2.24) is 14.5 Å². The molecule has 0 bridgehead atoms. The third-order valence-corrected chi connectivity index (χ3v) is 7.35. The summed E-state index contributed by atoms with van der Waals surface area (Å²) in [6, 6.07) is 10.2. The summed E-state index contributed by atoms with van der Waals surface area (Å²) in [6.07, 6.45) is 2.06. The topological polar surface area (TPSA) is 38.1 Å². The second-order valence-electron chi connectivity index (χ2n) is 7.97. The van der Waals surface area contributed by atoms with Gasteiger partial charge in [-0.05, 0) is 36.9 Å². The van der Waals surface area contributed by atoms with E-state index in [9.17, 15) is 4.79 Å². The first-order valence-corrected chi connectivity index (χ1v) is 11.7. The SMILES string of the molecule is CC(C)CCSc1nc2sc3c(c2c(=O)n1Cc1ccccc1)CCN(C)C3. The van der Waals surface area contributed by atoms with Gasteiger partial charge in [0.2, 0.25) is 0 Å². The van der Waals surface area contributed by atoms with Crippen molar-refractivity contribution in [1.29, 1.82) is 0 Å². The number of benzene rings is 1. The largest absolute Gasteiger partial charge is 0.301 e. The van der Waals surface area contributed by atoms with E-state index in [1.54, 1.807) is 23.1 Å². The van der Waals surface area contributed by atoms with E-state index in [1.165, 1.54) is 10.4 Å². The summed E-state index contributed by atoms with van der Waals surface area (Å²) in [5.74, 6) is 1.63. The van der Waals surface area contributed by atoms with E-state index in [4.69, 9.17) is 4.98 Å². The van der Waals surface area contributed by atoms with Gasteiger partial charge in [-0.2, -0.15) is 0 Å². The van der Waals surface area contributed by atoms with Gasteiger partial charge in [0.15, 0.2) is 5.16 Å². The van der Waals surface area contributed by atoms with Crippen LogP contribution in [0.2, 0.25) is 0 Å². The lowest BCUT2D eigenvalue weighted by atomic mass is 10.1. The first-order valence-electron chi connectivity index (χ1n) is 9.93. The van der Waals surface area contributed by atoms with Gasteiger partial charge < -0.3 is 4.90 Å². The predicted octanol–water partition coefficient (Wildman–Crippen LogP) is 4.63. The zero-order chi connectivity index (χ0) is 19.7. The van der Waals surface area contributed by atoms with Gasteiger partial charge in [0, 0.05) is 23.7 Å². The van der Waals surface area contributed by atoms with Crippen molar-refractivity contribution in [2.75, 3.05) is 19.3 Å². The lowest BCUT2D eigenvalue weighted by Crippen LogP contribution is -2.28. The van der Waals surface area contributed by atoms with E-state index < -0.39 is 0 Å². The normalized spacial score (nSPS) is 14.7. The molecule has 0 saturated carbocycles. The molecule has 1 aliphatic heterocycles. The van der Waals surface area contributed by atoms with Gasteiger partial charge in [-0.15, -0.1) is 11.3 Å². The molecular formula is C22H27N3OS2. The molecule has 0 amide bonds. The van der Waals surface area contributed by atoms with E-state index >= 15 is 0 Å². The van der Waals surface area contributed by atoms with E-state index in [-0.39, 0.29) is 5.56 Å². The molecule has 0 saturated heterocycles. The number of rotatable bonds is 6. The van der Waals surface area contributed by atoms with Gasteiger partial charge in [-0.25, -0.2) is 4.98 Å². The van der Waals surface area contributed by atoms with Crippen molar-refractivity contribution in [2.24, 2.45) is 5.92 Å². The van der Waals surface area contributed by atoms with E-state index in [2.05, 4.69) is 37.9 Å². The molecule has 0 aliphatic carbocycles. The summed E-state index contributed by atoms with van der Waals surface area (Å²) in [7, 11) is 2.14. The number of nitrogens with zero attached hydrogens (tertiary/aromatic N) is 3. The van der Waals surface area contributed by atoms with Crippen molar-refractivity contribution in [2.45, 2.75) is 44.9 Å². The Morgan fingerprint density at radius 1 is 1.25 bits per heavy atom. The fraction of sp³-hybridized carbons (Fsp3) is 0.455. The minimum Gasteiger partial charge on any atom is -0.301 e. The third-order valence-electron chi connectivity index (χ3n) is 5.23. The molecule has 4 rings (SSSR count). The Kier molecular flexibility index (Phi) is 5.90. The fourth-order valence-corrected chi connectivity index (χ4v) is 6.17. The second kappa shape index (κ2) is 8.39. The van der Waals surface area contributed by atoms with Crippen molar-refractivity contribution < 1.29 is 0 Å². The molecule has 0 atom stereocenters. The van der Waals surface area contributed by atoms with Gasteiger partial charge in [0.25, 0.3) is 5.56 Å². The molecule has 0 spiro atoms. The lowest BCUT2D eigenvalue weighted by Gasteiger charge is -2.21. The molecule has 1 aromatic carbocycles. The molecule has 0 radical (unpaired) electrons. The molecule has 3 aromatic rings. The van der Waals surface area contributed by atoms with E-state index in [0.29, 0.717) is 12.5 Å². The summed E-state index contributed by atoms with van der Waals surface area (Å²) in [5.41, 5.74) is 2.50. The number of hydrogen-bond donors (Lipinski definition) is 0. The average Bonchev–Trinajstić information content (AvgIpc) is 3.02. The monoisotopic (exact) mass is 413 g/mol. The first kappa shape index (κ1) is 19.7. The lowest BCUT2D eigenvalue weighted by molar-refractivity contribution is 0.318. The molecule has 0 unspecified atom stereocenters. The fourth-order valence-electron chi connectivity index (χ4n) is 3.59. The number of likely N-dealkylation sites (N-methyl/N-ethyl adjacent to an activating group) is 1. The highest BCUT2D eigenvalue weighted by Crippen LogP contribution is 2.33. The Morgan fingerprint density at radius 3 is 2.79 bits per heavy atom. The maximum atomic E-state index is 13.6. The second-order valence-corrected chi connectivity index (χ2v) is 10.1. The van der Waals surface area contributed by atoms with E-state index in [0.717, 1.165) is 52.6 Å².